The molecule has 0 aromatic heterocycles. The first kappa shape index (κ1) is 14.7. The number of rotatable bonds is 5. The number of hydrogen-bond acceptors (Lipinski definition) is 4. The lowest BCUT2D eigenvalue weighted by Crippen LogP contribution is -2.37. The molecule has 2 atom stereocenters. The first-order valence-electron chi connectivity index (χ1n) is 6.98. The predicted molar refractivity (Wildman–Crippen MR) is 83.0 cm³/mol. The van der Waals surface area contributed by atoms with E-state index in [2.05, 4.69) is 44.0 Å². The molecule has 0 aliphatic carbocycles. The highest BCUT2D eigenvalue weighted by Gasteiger charge is 2.29. The Morgan fingerprint density at radius 2 is 2.26 bits per heavy atom. The fourth-order valence-corrected chi connectivity index (χ4v) is 3.64. The molecule has 1 aliphatic rings. The molecule has 1 saturated heterocycles. The number of nitrogens with zero attached hydrogens (tertiary/aromatic N) is 1. The van der Waals surface area contributed by atoms with E-state index >= 15 is 0 Å². The van der Waals surface area contributed by atoms with Crippen molar-refractivity contribution in [3.63, 3.8) is 0 Å². The van der Waals surface area contributed by atoms with Crippen molar-refractivity contribution < 1.29 is 4.74 Å². The van der Waals surface area contributed by atoms with Crippen LogP contribution in [0.25, 0.3) is 0 Å². The Morgan fingerprint density at radius 1 is 1.47 bits per heavy atom. The molecule has 106 valence electrons. The number of benzene rings is 1. The Kier molecular flexibility index (Phi) is 5.13. The largest absolute Gasteiger partial charge is 0.376 e. The van der Waals surface area contributed by atoms with Crippen LogP contribution in [0, 0.1) is 0 Å². The third kappa shape index (κ3) is 3.07. The lowest BCUT2D eigenvalue weighted by atomic mass is 10.1. The smallest absolute Gasteiger partial charge is 0.0750 e. The van der Waals surface area contributed by atoms with Gasteiger partial charge in [0.15, 0.2) is 0 Å². The third-order valence-corrected chi connectivity index (χ3v) is 4.81. The maximum Gasteiger partial charge on any atom is 0.0750 e. The molecule has 2 N–H and O–H groups in total. The molecule has 0 saturated carbocycles. The van der Waals surface area contributed by atoms with Gasteiger partial charge in [-0.05, 0) is 31.2 Å². The fraction of sp³-hybridized carbons (Fsp3) is 0.600. The second-order valence-electron chi connectivity index (χ2n) is 4.93. The van der Waals surface area contributed by atoms with Crippen molar-refractivity contribution in [2.24, 2.45) is 5.73 Å². The Hall–Kier alpha value is -0.710. The molecule has 0 spiro atoms. The van der Waals surface area contributed by atoms with Crippen molar-refractivity contribution in [2.45, 2.75) is 43.9 Å². The molecule has 0 radical (unpaired) electrons. The van der Waals surface area contributed by atoms with E-state index in [1.165, 1.54) is 16.1 Å². The molecule has 4 heteroatoms. The summed E-state index contributed by atoms with van der Waals surface area (Å²) in [5.41, 5.74) is 8.49. The lowest BCUT2D eigenvalue weighted by Gasteiger charge is -2.31. The van der Waals surface area contributed by atoms with Crippen molar-refractivity contribution in [3.8, 4) is 0 Å². The number of nitrogens with two attached hydrogens (primary N) is 1. The average Bonchev–Trinajstić information content (AvgIpc) is 2.84. The van der Waals surface area contributed by atoms with Gasteiger partial charge in [0.1, 0.15) is 0 Å². The quantitative estimate of drug-likeness (QED) is 0.842. The van der Waals surface area contributed by atoms with Gasteiger partial charge in [-0.15, -0.1) is 11.8 Å². The minimum atomic E-state index is 0.290. The summed E-state index contributed by atoms with van der Waals surface area (Å²) in [6.07, 6.45) is 1.38. The van der Waals surface area contributed by atoms with Crippen molar-refractivity contribution >= 4 is 17.4 Å². The van der Waals surface area contributed by atoms with Gasteiger partial charge in [0.25, 0.3) is 0 Å². The summed E-state index contributed by atoms with van der Waals surface area (Å²) in [4.78, 5) is 3.65. The summed E-state index contributed by atoms with van der Waals surface area (Å²) >= 11 is 1.86. The molecule has 2 unspecified atom stereocenters. The molecule has 2 rings (SSSR count). The molecule has 1 aromatic rings. The molecule has 0 bridgehead atoms. The summed E-state index contributed by atoms with van der Waals surface area (Å²) in [6, 6.07) is 6.92. The van der Waals surface area contributed by atoms with Gasteiger partial charge in [-0.1, -0.05) is 13.0 Å². The second kappa shape index (κ2) is 6.64. The molecular weight excluding hydrogens is 256 g/mol. The highest BCUT2D eigenvalue weighted by Crippen LogP contribution is 2.33. The van der Waals surface area contributed by atoms with Crippen molar-refractivity contribution in [2.75, 3.05) is 24.3 Å². The van der Waals surface area contributed by atoms with Crippen LogP contribution in [0.4, 0.5) is 5.69 Å². The monoisotopic (exact) mass is 280 g/mol. The molecule has 1 aromatic carbocycles. The molecule has 1 heterocycles. The summed E-state index contributed by atoms with van der Waals surface area (Å²) in [5, 5.41) is 0. The maximum absolute atomic E-state index is 5.98. The van der Waals surface area contributed by atoms with Crippen LogP contribution in [0.5, 0.6) is 0 Å². The summed E-state index contributed by atoms with van der Waals surface area (Å²) < 4.78 is 5.68. The van der Waals surface area contributed by atoms with Gasteiger partial charge < -0.3 is 15.4 Å². The zero-order chi connectivity index (χ0) is 13.8. The highest BCUT2D eigenvalue weighted by atomic mass is 32.2. The van der Waals surface area contributed by atoms with Crippen LogP contribution in [0.3, 0.4) is 0 Å². The Labute approximate surface area is 120 Å². The zero-order valence-corrected chi connectivity index (χ0v) is 12.9. The van der Waals surface area contributed by atoms with E-state index in [9.17, 15) is 0 Å². The first-order chi connectivity index (χ1) is 9.19. The van der Waals surface area contributed by atoms with E-state index in [0.717, 1.165) is 18.8 Å². The maximum atomic E-state index is 5.98. The number of ether oxygens (including phenoxy) is 1. The number of hydrogen-bond donors (Lipinski definition) is 1. The molecule has 0 amide bonds. The second-order valence-corrected chi connectivity index (χ2v) is 6.24. The minimum absolute atomic E-state index is 0.290. The minimum Gasteiger partial charge on any atom is -0.376 e. The van der Waals surface area contributed by atoms with Crippen LogP contribution < -0.4 is 10.6 Å². The van der Waals surface area contributed by atoms with Gasteiger partial charge in [0.05, 0.1) is 12.1 Å². The third-order valence-electron chi connectivity index (χ3n) is 3.83. The van der Waals surface area contributed by atoms with Gasteiger partial charge >= 0.3 is 0 Å². The number of anilines is 1. The topological polar surface area (TPSA) is 38.5 Å². The lowest BCUT2D eigenvalue weighted by molar-refractivity contribution is 0.118. The summed E-state index contributed by atoms with van der Waals surface area (Å²) in [6.45, 7) is 5.78. The van der Waals surface area contributed by atoms with Crippen LogP contribution in [0.15, 0.2) is 23.1 Å². The van der Waals surface area contributed by atoms with Crippen molar-refractivity contribution in [3.05, 3.63) is 23.8 Å². The van der Waals surface area contributed by atoms with E-state index in [-0.39, 0.29) is 6.10 Å². The Morgan fingerprint density at radius 3 is 2.84 bits per heavy atom. The predicted octanol–water partition coefficient (Wildman–Crippen LogP) is 2.87. The van der Waals surface area contributed by atoms with Crippen molar-refractivity contribution in [1.82, 2.24) is 0 Å². The van der Waals surface area contributed by atoms with Gasteiger partial charge in [-0.2, -0.15) is 0 Å². The fourth-order valence-electron chi connectivity index (χ4n) is 2.79. The first-order valence-corrected chi connectivity index (χ1v) is 7.96. The van der Waals surface area contributed by atoms with Gasteiger partial charge in [-0.3, -0.25) is 0 Å². The van der Waals surface area contributed by atoms with Crippen LogP contribution >= 0.6 is 11.8 Å². The van der Waals surface area contributed by atoms with E-state index in [4.69, 9.17) is 10.5 Å². The van der Waals surface area contributed by atoms with E-state index in [1.54, 1.807) is 0 Å². The number of thioether (sulfide) groups is 1. The molecule has 19 heavy (non-hydrogen) atoms. The molecule has 3 nitrogen and oxygen atoms in total. The van der Waals surface area contributed by atoms with E-state index in [0.29, 0.717) is 12.6 Å². The van der Waals surface area contributed by atoms with Crippen LogP contribution in [0.1, 0.15) is 25.8 Å². The van der Waals surface area contributed by atoms with Crippen LogP contribution in [-0.4, -0.2) is 31.6 Å². The highest BCUT2D eigenvalue weighted by molar-refractivity contribution is 7.99. The molecule has 1 aliphatic heterocycles. The Bertz CT molecular complexity index is 425. The molecular formula is C15H24N2OS. The summed E-state index contributed by atoms with van der Waals surface area (Å²) in [5.74, 6) is 1.07. The standard InChI is InChI=1S/C15H24N2OS/c1-4-19-15-7-5-6-14(12(15)10-16)17(3)13-8-9-18-11(13)2/h5-7,11,13H,4,8-10,16H2,1-3H3. The average molecular weight is 280 g/mol. The SMILES string of the molecule is CCSc1cccc(N(C)C2CCOC2C)c1CN. The van der Waals surface area contributed by atoms with E-state index < -0.39 is 0 Å². The van der Waals surface area contributed by atoms with E-state index in [1.807, 2.05) is 11.8 Å². The number of likely N-dealkylation sites (N-methyl/N-ethyl adjacent to an activating group) is 1. The molecule has 1 fully saturated rings. The van der Waals surface area contributed by atoms with Gasteiger partial charge in [0, 0.05) is 36.3 Å². The zero-order valence-electron chi connectivity index (χ0n) is 12.1. The summed E-state index contributed by atoms with van der Waals surface area (Å²) in [7, 11) is 2.16. The van der Waals surface area contributed by atoms with Crippen molar-refractivity contribution in [1.29, 1.82) is 0 Å². The van der Waals surface area contributed by atoms with Crippen LogP contribution in [-0.2, 0) is 11.3 Å². The van der Waals surface area contributed by atoms with Crippen LogP contribution in [0.2, 0.25) is 0 Å². The Balaban J connectivity index is 2.30. The van der Waals surface area contributed by atoms with Gasteiger partial charge in [0.2, 0.25) is 0 Å². The normalized spacial score (nSPS) is 22.7. The van der Waals surface area contributed by atoms with Gasteiger partial charge in [-0.25, -0.2) is 0 Å².